The Morgan fingerprint density at radius 2 is 1.76 bits per heavy atom. The van der Waals surface area contributed by atoms with Crippen LogP contribution in [0.4, 0.5) is 5.69 Å². The molecule has 1 aromatic rings. The van der Waals surface area contributed by atoms with E-state index in [0.717, 1.165) is 11.3 Å². The molecule has 1 saturated carbocycles. The van der Waals surface area contributed by atoms with E-state index < -0.39 is 11.9 Å². The summed E-state index contributed by atoms with van der Waals surface area (Å²) in [7, 11) is 1.52. The van der Waals surface area contributed by atoms with E-state index in [1.165, 1.54) is 7.11 Å². The first kappa shape index (κ1) is 15.9. The minimum atomic E-state index is -0.852. The standard InChI is InChI=1S/C19H20N2O4/c1-10(17(22)20-13-5-3-4-6-14(13)25-2)21-18(23)15-11-7-8-12(9-11)16(15)19(21)24/h3-8,10-12,15-16H,9H2,1-2H3,(H,20,22)/t10-,11-,12-,15-,16+/m0/s1. The predicted octanol–water partition coefficient (Wildman–Crippen LogP) is 1.83. The molecule has 3 aliphatic rings. The van der Waals surface area contributed by atoms with Crippen molar-refractivity contribution < 1.29 is 19.1 Å². The van der Waals surface area contributed by atoms with Crippen molar-refractivity contribution in [1.82, 2.24) is 4.90 Å². The lowest BCUT2D eigenvalue weighted by molar-refractivity contribution is -0.146. The first-order valence-corrected chi connectivity index (χ1v) is 8.52. The second-order valence-electron chi connectivity index (χ2n) is 6.91. The van der Waals surface area contributed by atoms with Gasteiger partial charge in [0.15, 0.2) is 0 Å². The third kappa shape index (κ3) is 2.27. The molecular formula is C19H20N2O4. The van der Waals surface area contributed by atoms with Crippen molar-refractivity contribution in [3.8, 4) is 5.75 Å². The average molecular weight is 340 g/mol. The molecule has 4 rings (SSSR count). The molecule has 6 nitrogen and oxygen atoms in total. The fraction of sp³-hybridized carbons (Fsp3) is 0.421. The summed E-state index contributed by atoms with van der Waals surface area (Å²) in [5.74, 6) is -0.591. The van der Waals surface area contributed by atoms with Crippen LogP contribution in [0.2, 0.25) is 0 Å². The number of rotatable bonds is 4. The first-order valence-electron chi connectivity index (χ1n) is 8.52. The zero-order valence-electron chi connectivity index (χ0n) is 14.1. The van der Waals surface area contributed by atoms with E-state index in [0.29, 0.717) is 11.4 Å². The topological polar surface area (TPSA) is 75.7 Å². The minimum Gasteiger partial charge on any atom is -0.495 e. The summed E-state index contributed by atoms with van der Waals surface area (Å²) in [6, 6.07) is 6.18. The number of para-hydroxylation sites is 2. The molecule has 2 aliphatic carbocycles. The van der Waals surface area contributed by atoms with E-state index in [2.05, 4.69) is 5.32 Å². The lowest BCUT2D eigenvalue weighted by Crippen LogP contribution is -2.46. The van der Waals surface area contributed by atoms with Crippen molar-refractivity contribution in [3.63, 3.8) is 0 Å². The van der Waals surface area contributed by atoms with Gasteiger partial charge in [-0.2, -0.15) is 0 Å². The highest BCUT2D eigenvalue weighted by atomic mass is 16.5. The summed E-state index contributed by atoms with van der Waals surface area (Å²) < 4.78 is 5.22. The maximum Gasteiger partial charge on any atom is 0.247 e. The number of nitrogens with one attached hydrogen (secondary N) is 1. The smallest absolute Gasteiger partial charge is 0.247 e. The van der Waals surface area contributed by atoms with Gasteiger partial charge in [-0.3, -0.25) is 19.3 Å². The fourth-order valence-electron chi connectivity index (χ4n) is 4.41. The number of methoxy groups -OCH3 is 1. The number of likely N-dealkylation sites (tertiary alicyclic amines) is 1. The number of ether oxygens (including phenoxy) is 1. The number of carbonyl (C=O) groups is 3. The summed E-state index contributed by atoms with van der Waals surface area (Å²) >= 11 is 0. The number of imide groups is 1. The molecule has 2 fully saturated rings. The molecule has 0 spiro atoms. The van der Waals surface area contributed by atoms with Crippen LogP contribution in [0.3, 0.4) is 0 Å². The normalized spacial score (nSPS) is 30.6. The Bertz CT molecular complexity index is 757. The Morgan fingerprint density at radius 3 is 2.36 bits per heavy atom. The Labute approximate surface area is 145 Å². The Hall–Kier alpha value is -2.63. The third-order valence-electron chi connectivity index (χ3n) is 5.64. The molecule has 3 amide bonds. The zero-order chi connectivity index (χ0) is 17.7. The van der Waals surface area contributed by atoms with Crippen LogP contribution in [0.25, 0.3) is 0 Å². The Kier molecular flexibility index (Phi) is 3.63. The largest absolute Gasteiger partial charge is 0.495 e. The van der Waals surface area contributed by atoms with Crippen LogP contribution >= 0.6 is 0 Å². The maximum absolute atomic E-state index is 12.8. The summed E-state index contributed by atoms with van der Waals surface area (Å²) in [4.78, 5) is 39.3. The lowest BCUT2D eigenvalue weighted by atomic mass is 9.85. The van der Waals surface area contributed by atoms with E-state index in [4.69, 9.17) is 4.74 Å². The van der Waals surface area contributed by atoms with Crippen molar-refractivity contribution in [3.05, 3.63) is 36.4 Å². The Balaban J connectivity index is 1.53. The predicted molar refractivity (Wildman–Crippen MR) is 90.7 cm³/mol. The van der Waals surface area contributed by atoms with Crippen molar-refractivity contribution in [2.45, 2.75) is 19.4 Å². The second-order valence-corrected chi connectivity index (χ2v) is 6.91. The number of hydrogen-bond donors (Lipinski definition) is 1. The average Bonchev–Trinajstić information content (AvgIpc) is 3.29. The van der Waals surface area contributed by atoms with Crippen LogP contribution < -0.4 is 10.1 Å². The van der Waals surface area contributed by atoms with Crippen LogP contribution in [0.1, 0.15) is 13.3 Å². The molecule has 130 valence electrons. The lowest BCUT2D eigenvalue weighted by Gasteiger charge is -2.24. The highest BCUT2D eigenvalue weighted by Crippen LogP contribution is 2.52. The van der Waals surface area contributed by atoms with Gasteiger partial charge in [0, 0.05) is 0 Å². The molecule has 1 N–H and O–H groups in total. The first-order chi connectivity index (χ1) is 12.0. The molecule has 1 heterocycles. The molecular weight excluding hydrogens is 320 g/mol. The van der Waals surface area contributed by atoms with E-state index in [1.54, 1.807) is 31.2 Å². The maximum atomic E-state index is 12.8. The van der Waals surface area contributed by atoms with Gasteiger partial charge in [-0.15, -0.1) is 0 Å². The van der Waals surface area contributed by atoms with Crippen LogP contribution in [-0.4, -0.2) is 35.8 Å². The number of benzene rings is 1. The minimum absolute atomic E-state index is 0.140. The quantitative estimate of drug-likeness (QED) is 0.670. The Morgan fingerprint density at radius 1 is 1.16 bits per heavy atom. The van der Waals surface area contributed by atoms with E-state index in [-0.39, 0.29) is 35.5 Å². The molecule has 1 aliphatic heterocycles. The zero-order valence-corrected chi connectivity index (χ0v) is 14.1. The number of hydrogen-bond acceptors (Lipinski definition) is 4. The van der Waals surface area contributed by atoms with Crippen molar-refractivity contribution in [2.24, 2.45) is 23.7 Å². The van der Waals surface area contributed by atoms with E-state index >= 15 is 0 Å². The number of carbonyl (C=O) groups excluding carboxylic acids is 3. The molecule has 0 radical (unpaired) electrons. The molecule has 6 heteroatoms. The van der Waals surface area contributed by atoms with Crippen molar-refractivity contribution >= 4 is 23.4 Å². The van der Waals surface area contributed by atoms with Gasteiger partial charge < -0.3 is 10.1 Å². The van der Waals surface area contributed by atoms with Crippen LogP contribution in [0.15, 0.2) is 36.4 Å². The second kappa shape index (κ2) is 5.72. The van der Waals surface area contributed by atoms with Crippen LogP contribution in [0, 0.1) is 23.7 Å². The molecule has 5 atom stereocenters. The summed E-state index contributed by atoms with van der Waals surface area (Å²) in [5.41, 5.74) is 0.517. The molecule has 0 aromatic heterocycles. The number of anilines is 1. The third-order valence-corrected chi connectivity index (χ3v) is 5.64. The molecule has 25 heavy (non-hydrogen) atoms. The van der Waals surface area contributed by atoms with Gasteiger partial charge in [-0.1, -0.05) is 24.3 Å². The van der Waals surface area contributed by atoms with Gasteiger partial charge >= 0.3 is 0 Å². The van der Waals surface area contributed by atoms with Crippen molar-refractivity contribution in [2.75, 3.05) is 12.4 Å². The van der Waals surface area contributed by atoms with Gasteiger partial charge in [0.2, 0.25) is 17.7 Å². The van der Waals surface area contributed by atoms with E-state index in [1.807, 2.05) is 12.2 Å². The fourth-order valence-corrected chi connectivity index (χ4v) is 4.41. The molecule has 1 saturated heterocycles. The highest BCUT2D eigenvalue weighted by Gasteiger charge is 2.60. The van der Waals surface area contributed by atoms with Gasteiger partial charge in [0.05, 0.1) is 24.6 Å². The summed E-state index contributed by atoms with van der Waals surface area (Å²) in [5, 5.41) is 2.76. The van der Waals surface area contributed by atoms with E-state index in [9.17, 15) is 14.4 Å². The summed E-state index contributed by atoms with van der Waals surface area (Å²) in [6.07, 6.45) is 4.96. The highest BCUT2D eigenvalue weighted by molar-refractivity contribution is 6.10. The van der Waals surface area contributed by atoms with Crippen LogP contribution in [0.5, 0.6) is 5.75 Å². The SMILES string of the molecule is COc1ccccc1NC(=O)[C@H](C)N1C(=O)[C@@H]2[C@H](C1=O)[C@H]1C=C[C@H]2C1. The monoisotopic (exact) mass is 340 g/mol. The number of amides is 3. The van der Waals surface area contributed by atoms with Crippen molar-refractivity contribution in [1.29, 1.82) is 0 Å². The molecule has 1 aromatic carbocycles. The number of fused-ring (bicyclic) bond motifs is 5. The van der Waals surface area contributed by atoms with Gasteiger partial charge in [-0.05, 0) is 37.3 Å². The molecule has 0 unspecified atom stereocenters. The van der Waals surface area contributed by atoms with Gasteiger partial charge in [0.1, 0.15) is 11.8 Å². The summed E-state index contributed by atoms with van der Waals surface area (Å²) in [6.45, 7) is 1.59. The van der Waals surface area contributed by atoms with Gasteiger partial charge in [-0.25, -0.2) is 0 Å². The number of allylic oxidation sites excluding steroid dienone is 2. The number of nitrogens with zero attached hydrogens (tertiary/aromatic N) is 1. The molecule has 2 bridgehead atoms. The van der Waals surface area contributed by atoms with Crippen LogP contribution in [-0.2, 0) is 14.4 Å². The van der Waals surface area contributed by atoms with Gasteiger partial charge in [0.25, 0.3) is 0 Å².